The molecule has 1 aliphatic carbocycles. The molecule has 0 bridgehead atoms. The summed E-state index contributed by atoms with van der Waals surface area (Å²) in [7, 11) is -0.707. The SMILES string of the molecule is CCNC(=NCc1cccc(CN2CCOC(C)C2)c1)NC1CCCC(S(=O)CC)C1. The van der Waals surface area contributed by atoms with Gasteiger partial charge in [-0.15, -0.1) is 0 Å². The van der Waals surface area contributed by atoms with E-state index in [0.29, 0.717) is 23.9 Å². The van der Waals surface area contributed by atoms with Gasteiger partial charge in [0.05, 0.1) is 19.3 Å². The highest BCUT2D eigenvalue weighted by Crippen LogP contribution is 2.23. The van der Waals surface area contributed by atoms with Gasteiger partial charge in [-0.3, -0.25) is 9.11 Å². The molecule has 174 valence electrons. The Labute approximate surface area is 190 Å². The van der Waals surface area contributed by atoms with Gasteiger partial charge in [0.1, 0.15) is 0 Å². The van der Waals surface area contributed by atoms with E-state index in [1.165, 1.54) is 11.1 Å². The number of ether oxygens (including phenoxy) is 1. The summed E-state index contributed by atoms with van der Waals surface area (Å²) in [6.07, 6.45) is 4.62. The molecule has 1 heterocycles. The standard InChI is InChI=1S/C24H40N4O2S/c1-4-25-24(27-22-10-7-11-23(15-22)31(29)5-2)26-16-20-8-6-9-21(14-20)18-28-12-13-30-19(3)17-28/h6,8-9,14,19,22-23H,4-5,7,10-13,15-18H2,1-3H3,(H2,25,26,27). The lowest BCUT2D eigenvalue weighted by atomic mass is 9.95. The van der Waals surface area contributed by atoms with Crippen LogP contribution in [0.2, 0.25) is 0 Å². The molecule has 31 heavy (non-hydrogen) atoms. The average molecular weight is 449 g/mol. The first-order valence-corrected chi connectivity index (χ1v) is 13.3. The molecule has 0 aromatic heterocycles. The van der Waals surface area contributed by atoms with Crippen molar-refractivity contribution in [3.05, 3.63) is 35.4 Å². The van der Waals surface area contributed by atoms with E-state index in [1.54, 1.807) is 0 Å². The number of hydrogen-bond donors (Lipinski definition) is 2. The molecule has 2 aliphatic rings. The number of benzene rings is 1. The Hall–Kier alpha value is -1.44. The second kappa shape index (κ2) is 12.6. The predicted molar refractivity (Wildman–Crippen MR) is 130 cm³/mol. The molecular formula is C24H40N4O2S. The number of nitrogens with zero attached hydrogens (tertiary/aromatic N) is 2. The fourth-order valence-corrected chi connectivity index (χ4v) is 5.90. The molecule has 3 rings (SSSR count). The second-order valence-electron chi connectivity index (χ2n) is 8.73. The number of guanidine groups is 1. The molecule has 1 aliphatic heterocycles. The van der Waals surface area contributed by atoms with Gasteiger partial charge in [0.15, 0.2) is 5.96 Å². The van der Waals surface area contributed by atoms with Crippen LogP contribution in [0.3, 0.4) is 0 Å². The van der Waals surface area contributed by atoms with Crippen LogP contribution in [-0.2, 0) is 28.6 Å². The Balaban J connectivity index is 1.57. The normalized spacial score (nSPS) is 26.4. The van der Waals surface area contributed by atoms with Gasteiger partial charge in [-0.25, -0.2) is 4.99 Å². The van der Waals surface area contributed by atoms with Crippen LogP contribution >= 0.6 is 0 Å². The number of aliphatic imine (C=N–C) groups is 1. The Bertz CT molecular complexity index is 742. The Kier molecular flexibility index (Phi) is 9.81. The smallest absolute Gasteiger partial charge is 0.191 e. The zero-order valence-electron chi connectivity index (χ0n) is 19.4. The summed E-state index contributed by atoms with van der Waals surface area (Å²) in [4.78, 5) is 7.31. The van der Waals surface area contributed by atoms with E-state index < -0.39 is 10.8 Å². The third-order valence-electron chi connectivity index (χ3n) is 6.11. The van der Waals surface area contributed by atoms with Gasteiger partial charge in [0.2, 0.25) is 0 Å². The highest BCUT2D eigenvalue weighted by Gasteiger charge is 2.26. The summed E-state index contributed by atoms with van der Waals surface area (Å²) in [5, 5.41) is 7.31. The monoisotopic (exact) mass is 448 g/mol. The van der Waals surface area contributed by atoms with E-state index in [2.05, 4.69) is 53.6 Å². The lowest BCUT2D eigenvalue weighted by Crippen LogP contribution is -2.46. The van der Waals surface area contributed by atoms with E-state index in [4.69, 9.17) is 9.73 Å². The molecule has 1 aromatic rings. The van der Waals surface area contributed by atoms with E-state index in [1.807, 2.05) is 6.92 Å². The van der Waals surface area contributed by atoms with Crippen molar-refractivity contribution in [2.75, 3.05) is 32.0 Å². The fourth-order valence-electron chi connectivity index (χ4n) is 4.55. The largest absolute Gasteiger partial charge is 0.376 e. The van der Waals surface area contributed by atoms with Gasteiger partial charge in [-0.1, -0.05) is 37.6 Å². The van der Waals surface area contributed by atoms with Gasteiger partial charge >= 0.3 is 0 Å². The van der Waals surface area contributed by atoms with Crippen molar-refractivity contribution >= 4 is 16.8 Å². The van der Waals surface area contributed by atoms with Crippen LogP contribution < -0.4 is 10.6 Å². The topological polar surface area (TPSA) is 66.0 Å². The molecule has 6 nitrogen and oxygen atoms in total. The zero-order valence-corrected chi connectivity index (χ0v) is 20.3. The van der Waals surface area contributed by atoms with Crippen molar-refractivity contribution in [3.63, 3.8) is 0 Å². The summed E-state index contributed by atoms with van der Waals surface area (Å²) >= 11 is 0. The van der Waals surface area contributed by atoms with Crippen LogP contribution in [0.1, 0.15) is 57.6 Å². The number of nitrogens with one attached hydrogen (secondary N) is 2. The fraction of sp³-hybridized carbons (Fsp3) is 0.708. The van der Waals surface area contributed by atoms with Crippen molar-refractivity contribution in [2.45, 2.75) is 76.9 Å². The van der Waals surface area contributed by atoms with Crippen LogP contribution in [0.5, 0.6) is 0 Å². The minimum atomic E-state index is -0.707. The van der Waals surface area contributed by atoms with Crippen LogP contribution in [-0.4, -0.2) is 64.5 Å². The van der Waals surface area contributed by atoms with E-state index in [-0.39, 0.29) is 0 Å². The molecule has 1 aromatic carbocycles. The number of rotatable bonds is 8. The van der Waals surface area contributed by atoms with Crippen molar-refractivity contribution in [1.29, 1.82) is 0 Å². The minimum Gasteiger partial charge on any atom is -0.376 e. The second-order valence-corrected chi connectivity index (χ2v) is 10.7. The zero-order chi connectivity index (χ0) is 22.1. The molecule has 7 heteroatoms. The molecule has 2 fully saturated rings. The predicted octanol–water partition coefficient (Wildman–Crippen LogP) is 3.04. The molecule has 0 spiro atoms. The Morgan fingerprint density at radius 1 is 1.29 bits per heavy atom. The highest BCUT2D eigenvalue weighted by atomic mass is 32.2. The maximum atomic E-state index is 12.3. The van der Waals surface area contributed by atoms with E-state index in [0.717, 1.165) is 70.2 Å². The quantitative estimate of drug-likeness (QED) is 0.473. The van der Waals surface area contributed by atoms with Crippen molar-refractivity contribution in [3.8, 4) is 0 Å². The summed E-state index contributed by atoms with van der Waals surface area (Å²) < 4.78 is 17.9. The summed E-state index contributed by atoms with van der Waals surface area (Å²) in [6, 6.07) is 9.11. The Morgan fingerprint density at radius 3 is 2.90 bits per heavy atom. The van der Waals surface area contributed by atoms with Gasteiger partial charge < -0.3 is 15.4 Å². The van der Waals surface area contributed by atoms with Crippen LogP contribution in [0.4, 0.5) is 0 Å². The molecule has 0 radical (unpaired) electrons. The van der Waals surface area contributed by atoms with E-state index >= 15 is 0 Å². The first-order valence-electron chi connectivity index (χ1n) is 11.9. The van der Waals surface area contributed by atoms with E-state index in [9.17, 15) is 4.21 Å². The highest BCUT2D eigenvalue weighted by molar-refractivity contribution is 7.85. The van der Waals surface area contributed by atoms with Crippen LogP contribution in [0, 0.1) is 0 Å². The summed E-state index contributed by atoms with van der Waals surface area (Å²) in [5.41, 5.74) is 2.56. The minimum absolute atomic E-state index is 0.310. The molecule has 1 saturated carbocycles. The lowest BCUT2D eigenvalue weighted by molar-refractivity contribution is -0.0212. The summed E-state index contributed by atoms with van der Waals surface area (Å²) in [6.45, 7) is 11.5. The third kappa shape index (κ3) is 7.88. The van der Waals surface area contributed by atoms with Crippen molar-refractivity contribution in [1.82, 2.24) is 15.5 Å². The van der Waals surface area contributed by atoms with Gasteiger partial charge in [0.25, 0.3) is 0 Å². The number of morpholine rings is 1. The van der Waals surface area contributed by atoms with Crippen molar-refractivity contribution in [2.24, 2.45) is 4.99 Å². The lowest BCUT2D eigenvalue weighted by Gasteiger charge is -2.31. The molecule has 2 N–H and O–H groups in total. The Morgan fingerprint density at radius 2 is 2.13 bits per heavy atom. The first kappa shape index (κ1) is 24.2. The maximum Gasteiger partial charge on any atom is 0.191 e. The average Bonchev–Trinajstić information content (AvgIpc) is 2.77. The molecule has 4 unspecified atom stereocenters. The molecule has 4 atom stereocenters. The first-order chi connectivity index (χ1) is 15.1. The van der Waals surface area contributed by atoms with Crippen molar-refractivity contribution < 1.29 is 8.95 Å². The maximum absolute atomic E-state index is 12.3. The molecule has 1 saturated heterocycles. The van der Waals surface area contributed by atoms with Gasteiger partial charge in [-0.2, -0.15) is 0 Å². The van der Waals surface area contributed by atoms with Crippen LogP contribution in [0.25, 0.3) is 0 Å². The van der Waals surface area contributed by atoms with Gasteiger partial charge in [-0.05, 0) is 44.2 Å². The van der Waals surface area contributed by atoms with Crippen LogP contribution in [0.15, 0.2) is 29.3 Å². The molecular weight excluding hydrogens is 408 g/mol. The third-order valence-corrected chi connectivity index (χ3v) is 7.85. The van der Waals surface area contributed by atoms with Gasteiger partial charge in [0, 0.05) is 54.0 Å². The number of hydrogen-bond acceptors (Lipinski definition) is 4. The summed E-state index contributed by atoms with van der Waals surface area (Å²) in [5.74, 6) is 1.62. The molecule has 0 amide bonds.